The molecule has 2 aromatic rings. The van der Waals surface area contributed by atoms with Gasteiger partial charge in [-0.3, -0.25) is 0 Å². The minimum absolute atomic E-state index is 0.0227. The third-order valence-corrected chi connectivity index (χ3v) is 3.50. The van der Waals surface area contributed by atoms with Crippen LogP contribution in [-0.4, -0.2) is 17.1 Å². The van der Waals surface area contributed by atoms with Crippen molar-refractivity contribution in [2.24, 2.45) is 0 Å². The van der Waals surface area contributed by atoms with Crippen molar-refractivity contribution < 1.29 is 5.11 Å². The van der Waals surface area contributed by atoms with Crippen LogP contribution in [0.4, 0.5) is 5.82 Å². The van der Waals surface area contributed by atoms with E-state index in [4.69, 9.17) is 11.6 Å². The van der Waals surface area contributed by atoms with Crippen molar-refractivity contribution in [3.63, 3.8) is 0 Å². The first-order valence-electron chi connectivity index (χ1n) is 6.16. The lowest BCUT2D eigenvalue weighted by Gasteiger charge is -2.26. The Balaban J connectivity index is 2.25. The molecule has 100 valence electrons. The van der Waals surface area contributed by atoms with Crippen LogP contribution in [0, 0.1) is 0 Å². The van der Waals surface area contributed by atoms with Gasteiger partial charge in [-0.2, -0.15) is 0 Å². The second-order valence-electron chi connectivity index (χ2n) is 4.52. The average molecular weight is 277 g/mol. The Morgan fingerprint density at radius 2 is 2.11 bits per heavy atom. The highest BCUT2D eigenvalue weighted by molar-refractivity contribution is 6.30. The smallest absolute Gasteiger partial charge is 0.129 e. The van der Waals surface area contributed by atoms with Gasteiger partial charge in [-0.15, -0.1) is 0 Å². The Bertz CT molecular complexity index is 559. The number of aliphatic hydroxyl groups is 1. The summed E-state index contributed by atoms with van der Waals surface area (Å²) < 4.78 is 0. The van der Waals surface area contributed by atoms with E-state index in [0.29, 0.717) is 0 Å². The molecule has 1 aromatic heterocycles. The predicted molar refractivity (Wildman–Crippen MR) is 78.4 cm³/mol. The molecule has 0 bridgehead atoms. The van der Waals surface area contributed by atoms with E-state index in [2.05, 4.69) is 16.8 Å². The summed E-state index contributed by atoms with van der Waals surface area (Å²) in [7, 11) is 1.98. The van der Waals surface area contributed by atoms with E-state index in [0.717, 1.165) is 22.0 Å². The molecule has 2 rings (SSSR count). The van der Waals surface area contributed by atoms with Crippen molar-refractivity contribution in [1.82, 2.24) is 4.98 Å². The lowest BCUT2D eigenvalue weighted by Crippen LogP contribution is -2.22. The standard InChI is InChI=1S/C15H17ClN2O/c1-11(13-4-3-5-14(16)9-13)18(2)15-8-12(10-19)6-7-17-15/h3-9,11,19H,10H2,1-2H3. The molecule has 3 nitrogen and oxygen atoms in total. The summed E-state index contributed by atoms with van der Waals surface area (Å²) in [5, 5.41) is 9.90. The number of hydrogen-bond acceptors (Lipinski definition) is 3. The first-order valence-corrected chi connectivity index (χ1v) is 6.53. The normalized spacial score (nSPS) is 12.2. The maximum Gasteiger partial charge on any atom is 0.129 e. The summed E-state index contributed by atoms with van der Waals surface area (Å²) in [5.74, 6) is 0.832. The summed E-state index contributed by atoms with van der Waals surface area (Å²) >= 11 is 6.02. The van der Waals surface area contributed by atoms with Gasteiger partial charge in [-0.25, -0.2) is 4.98 Å². The van der Waals surface area contributed by atoms with Crippen molar-refractivity contribution in [3.05, 3.63) is 58.7 Å². The van der Waals surface area contributed by atoms with Crippen LogP contribution in [0.2, 0.25) is 5.02 Å². The maximum atomic E-state index is 9.17. The molecule has 4 heteroatoms. The Morgan fingerprint density at radius 1 is 1.32 bits per heavy atom. The molecule has 1 atom stereocenters. The molecule has 0 aliphatic carbocycles. The van der Waals surface area contributed by atoms with E-state index in [1.165, 1.54) is 0 Å². The molecule has 19 heavy (non-hydrogen) atoms. The van der Waals surface area contributed by atoms with Crippen LogP contribution in [0.25, 0.3) is 0 Å². The molecule has 0 spiro atoms. The number of hydrogen-bond donors (Lipinski definition) is 1. The number of rotatable bonds is 4. The molecule has 0 amide bonds. The molecule has 1 aromatic carbocycles. The van der Waals surface area contributed by atoms with Crippen molar-refractivity contribution in [1.29, 1.82) is 0 Å². The number of aromatic nitrogens is 1. The molecule has 0 radical (unpaired) electrons. The average Bonchev–Trinajstić information content (AvgIpc) is 2.45. The van der Waals surface area contributed by atoms with Gasteiger partial charge in [0.25, 0.3) is 0 Å². The van der Waals surface area contributed by atoms with Gasteiger partial charge in [0, 0.05) is 18.3 Å². The van der Waals surface area contributed by atoms with Crippen LogP contribution >= 0.6 is 11.6 Å². The zero-order chi connectivity index (χ0) is 13.8. The minimum Gasteiger partial charge on any atom is -0.392 e. The fraction of sp³-hybridized carbons (Fsp3) is 0.267. The minimum atomic E-state index is 0.0227. The molecule has 0 saturated carbocycles. The van der Waals surface area contributed by atoms with Gasteiger partial charge in [0.1, 0.15) is 5.82 Å². The third-order valence-electron chi connectivity index (χ3n) is 3.27. The fourth-order valence-corrected chi connectivity index (χ4v) is 2.14. The van der Waals surface area contributed by atoms with Crippen molar-refractivity contribution in [2.45, 2.75) is 19.6 Å². The van der Waals surface area contributed by atoms with Gasteiger partial charge in [0.15, 0.2) is 0 Å². The van der Waals surface area contributed by atoms with Crippen LogP contribution in [0.3, 0.4) is 0 Å². The van der Waals surface area contributed by atoms with E-state index in [9.17, 15) is 5.11 Å². The van der Waals surface area contributed by atoms with Crippen molar-refractivity contribution in [2.75, 3.05) is 11.9 Å². The predicted octanol–water partition coefficient (Wildman–Crippen LogP) is 3.42. The van der Waals surface area contributed by atoms with E-state index in [1.807, 2.05) is 37.4 Å². The number of anilines is 1. The lowest BCUT2D eigenvalue weighted by molar-refractivity contribution is 0.281. The molecule has 0 fully saturated rings. The van der Waals surface area contributed by atoms with Crippen LogP contribution < -0.4 is 4.90 Å². The number of halogens is 1. The molecule has 1 unspecified atom stereocenters. The second kappa shape index (κ2) is 6.04. The summed E-state index contributed by atoms with van der Waals surface area (Å²) in [5.41, 5.74) is 1.99. The van der Waals surface area contributed by atoms with Gasteiger partial charge in [0.2, 0.25) is 0 Å². The Labute approximate surface area is 118 Å². The summed E-state index contributed by atoms with van der Waals surface area (Å²) in [6.45, 7) is 2.12. The largest absolute Gasteiger partial charge is 0.392 e. The number of nitrogens with zero attached hydrogens (tertiary/aromatic N) is 2. The Hall–Kier alpha value is -1.58. The van der Waals surface area contributed by atoms with Crippen LogP contribution in [0.5, 0.6) is 0 Å². The summed E-state index contributed by atoms with van der Waals surface area (Å²) in [6.07, 6.45) is 1.71. The monoisotopic (exact) mass is 276 g/mol. The topological polar surface area (TPSA) is 36.4 Å². The van der Waals surface area contributed by atoms with Crippen LogP contribution in [0.15, 0.2) is 42.6 Å². The quantitative estimate of drug-likeness (QED) is 0.929. The Morgan fingerprint density at radius 3 is 2.79 bits per heavy atom. The lowest BCUT2D eigenvalue weighted by atomic mass is 10.1. The Kier molecular flexibility index (Phi) is 4.40. The molecule has 1 N–H and O–H groups in total. The van der Waals surface area contributed by atoms with Gasteiger partial charge in [-0.05, 0) is 42.3 Å². The number of aliphatic hydroxyl groups excluding tert-OH is 1. The third kappa shape index (κ3) is 3.25. The SMILES string of the molecule is CC(c1cccc(Cl)c1)N(C)c1cc(CO)ccn1. The highest BCUT2D eigenvalue weighted by Gasteiger charge is 2.13. The molecule has 0 aliphatic heterocycles. The highest BCUT2D eigenvalue weighted by Crippen LogP contribution is 2.25. The van der Waals surface area contributed by atoms with Gasteiger partial charge in [0.05, 0.1) is 12.6 Å². The summed E-state index contributed by atoms with van der Waals surface area (Å²) in [4.78, 5) is 6.40. The zero-order valence-corrected chi connectivity index (χ0v) is 11.8. The molecule has 0 saturated heterocycles. The van der Waals surface area contributed by atoms with Crippen LogP contribution in [0.1, 0.15) is 24.1 Å². The fourth-order valence-electron chi connectivity index (χ4n) is 1.94. The summed E-state index contributed by atoms with van der Waals surface area (Å²) in [6, 6.07) is 11.7. The van der Waals surface area contributed by atoms with Gasteiger partial charge < -0.3 is 10.0 Å². The van der Waals surface area contributed by atoms with E-state index < -0.39 is 0 Å². The molecule has 1 heterocycles. The maximum absolute atomic E-state index is 9.17. The highest BCUT2D eigenvalue weighted by atomic mass is 35.5. The van der Waals surface area contributed by atoms with E-state index in [1.54, 1.807) is 12.3 Å². The molecular formula is C15H17ClN2O. The van der Waals surface area contributed by atoms with Crippen molar-refractivity contribution >= 4 is 17.4 Å². The molecular weight excluding hydrogens is 260 g/mol. The number of benzene rings is 1. The first kappa shape index (κ1) is 13.8. The number of pyridine rings is 1. The van der Waals surface area contributed by atoms with Crippen LogP contribution in [-0.2, 0) is 6.61 Å². The van der Waals surface area contributed by atoms with Gasteiger partial charge >= 0.3 is 0 Å². The molecule has 0 aliphatic rings. The zero-order valence-electron chi connectivity index (χ0n) is 11.0. The second-order valence-corrected chi connectivity index (χ2v) is 4.96. The van der Waals surface area contributed by atoms with E-state index in [-0.39, 0.29) is 12.6 Å². The van der Waals surface area contributed by atoms with Gasteiger partial charge in [-0.1, -0.05) is 23.7 Å². The van der Waals surface area contributed by atoms with Crippen molar-refractivity contribution in [3.8, 4) is 0 Å². The van der Waals surface area contributed by atoms with E-state index >= 15 is 0 Å². The first-order chi connectivity index (χ1) is 9.11.